The number of amides is 1. The number of aromatic nitrogens is 2. The largest absolute Gasteiger partial charge is 0.345 e. The minimum absolute atomic E-state index is 0.0632. The summed E-state index contributed by atoms with van der Waals surface area (Å²) in [5, 5.41) is 3.88. The molecule has 128 valence electrons. The second-order valence-corrected chi connectivity index (χ2v) is 7.52. The Morgan fingerprint density at radius 2 is 2.00 bits per heavy atom. The van der Waals surface area contributed by atoms with Crippen LogP contribution < -0.4 is 5.32 Å². The lowest BCUT2D eigenvalue weighted by Crippen LogP contribution is -2.26. The Morgan fingerprint density at radius 1 is 1.24 bits per heavy atom. The Kier molecular flexibility index (Phi) is 5.50. The molecule has 2 aromatic heterocycles. The number of nitrogens with zero attached hydrogens (tertiary/aromatic N) is 2. The van der Waals surface area contributed by atoms with Crippen LogP contribution in [0.4, 0.5) is 0 Å². The number of rotatable bonds is 5. The fraction of sp³-hybridized carbons (Fsp3) is 0.211. The molecule has 3 rings (SSSR count). The van der Waals surface area contributed by atoms with Crippen LogP contribution >= 0.6 is 23.1 Å². The molecule has 0 fully saturated rings. The average molecular weight is 370 g/mol. The molecule has 0 aliphatic rings. The zero-order valence-electron chi connectivity index (χ0n) is 14.3. The molecule has 0 aliphatic carbocycles. The molecule has 0 saturated heterocycles. The summed E-state index contributed by atoms with van der Waals surface area (Å²) in [6.45, 7) is 3.85. The number of thioether (sulfide) groups is 1. The maximum atomic E-state index is 12.7. The zero-order chi connectivity index (χ0) is 17.8. The van der Waals surface area contributed by atoms with Crippen molar-refractivity contribution in [3.8, 4) is 10.6 Å². The molecule has 0 radical (unpaired) electrons. The standard InChI is InChI=1S/C19H19N3OS2/c1-12(14-6-8-16(24-3)9-7-14)21-18(23)17-13(2)22-19(25-17)15-5-4-10-20-11-15/h4-12H,1-3H3,(H,21,23)/t12-/m0/s1. The summed E-state index contributed by atoms with van der Waals surface area (Å²) in [5.41, 5.74) is 2.75. The molecule has 2 heterocycles. The van der Waals surface area contributed by atoms with Crippen molar-refractivity contribution in [1.29, 1.82) is 0 Å². The fourth-order valence-corrected chi connectivity index (χ4v) is 3.83. The second kappa shape index (κ2) is 7.80. The van der Waals surface area contributed by atoms with E-state index in [0.29, 0.717) is 4.88 Å². The lowest BCUT2D eigenvalue weighted by molar-refractivity contribution is 0.0943. The van der Waals surface area contributed by atoms with Crippen LogP contribution in [0.5, 0.6) is 0 Å². The second-order valence-electron chi connectivity index (χ2n) is 5.64. The quantitative estimate of drug-likeness (QED) is 0.661. The van der Waals surface area contributed by atoms with Crippen molar-refractivity contribution in [2.45, 2.75) is 24.8 Å². The zero-order valence-corrected chi connectivity index (χ0v) is 15.9. The first-order valence-corrected chi connectivity index (χ1v) is 9.95. The Bertz CT molecular complexity index is 860. The normalized spacial score (nSPS) is 12.0. The van der Waals surface area contributed by atoms with Gasteiger partial charge in [0.05, 0.1) is 11.7 Å². The number of thiazole rings is 1. The van der Waals surface area contributed by atoms with Gasteiger partial charge in [-0.3, -0.25) is 9.78 Å². The maximum absolute atomic E-state index is 12.7. The molecule has 1 N–H and O–H groups in total. The third-order valence-corrected chi connectivity index (χ3v) is 5.82. The summed E-state index contributed by atoms with van der Waals surface area (Å²) in [6, 6.07) is 12.0. The first-order valence-electron chi connectivity index (χ1n) is 7.91. The summed E-state index contributed by atoms with van der Waals surface area (Å²) in [4.78, 5) is 23.1. The minimum Gasteiger partial charge on any atom is -0.345 e. The summed E-state index contributed by atoms with van der Waals surface area (Å²) in [6.07, 6.45) is 5.53. The van der Waals surface area contributed by atoms with Gasteiger partial charge in [-0.1, -0.05) is 12.1 Å². The maximum Gasteiger partial charge on any atom is 0.263 e. The Morgan fingerprint density at radius 3 is 2.64 bits per heavy atom. The van der Waals surface area contributed by atoms with Gasteiger partial charge in [-0.05, 0) is 49.9 Å². The van der Waals surface area contributed by atoms with E-state index in [1.807, 2.05) is 32.2 Å². The van der Waals surface area contributed by atoms with E-state index in [1.165, 1.54) is 16.2 Å². The van der Waals surface area contributed by atoms with Crippen molar-refractivity contribution in [3.63, 3.8) is 0 Å². The van der Waals surface area contributed by atoms with Gasteiger partial charge in [0.15, 0.2) is 0 Å². The number of carbonyl (C=O) groups is 1. The molecular formula is C19H19N3OS2. The van der Waals surface area contributed by atoms with Crippen LogP contribution in [-0.4, -0.2) is 22.1 Å². The van der Waals surface area contributed by atoms with Gasteiger partial charge >= 0.3 is 0 Å². The van der Waals surface area contributed by atoms with E-state index < -0.39 is 0 Å². The van der Waals surface area contributed by atoms with Crippen LogP contribution in [0, 0.1) is 6.92 Å². The van der Waals surface area contributed by atoms with Gasteiger partial charge in [0, 0.05) is 22.9 Å². The molecule has 0 saturated carbocycles. The van der Waals surface area contributed by atoms with Crippen LogP contribution in [0.2, 0.25) is 0 Å². The Balaban J connectivity index is 1.75. The number of hydrogen-bond acceptors (Lipinski definition) is 5. The number of pyridine rings is 1. The molecule has 1 amide bonds. The van der Waals surface area contributed by atoms with Gasteiger partial charge in [-0.25, -0.2) is 4.98 Å². The van der Waals surface area contributed by atoms with E-state index in [4.69, 9.17) is 0 Å². The van der Waals surface area contributed by atoms with Gasteiger partial charge < -0.3 is 5.32 Å². The number of carbonyl (C=O) groups excluding carboxylic acids is 1. The van der Waals surface area contributed by atoms with Crippen molar-refractivity contribution in [2.75, 3.05) is 6.26 Å². The fourth-order valence-electron chi connectivity index (χ4n) is 2.46. The van der Waals surface area contributed by atoms with Crippen LogP contribution in [0.15, 0.2) is 53.7 Å². The van der Waals surface area contributed by atoms with E-state index >= 15 is 0 Å². The Hall–Kier alpha value is -2.18. The summed E-state index contributed by atoms with van der Waals surface area (Å²) in [7, 11) is 0. The molecule has 1 aromatic carbocycles. The van der Waals surface area contributed by atoms with Crippen molar-refractivity contribution in [3.05, 3.63) is 64.9 Å². The van der Waals surface area contributed by atoms with Crippen molar-refractivity contribution in [2.24, 2.45) is 0 Å². The smallest absolute Gasteiger partial charge is 0.263 e. The highest BCUT2D eigenvalue weighted by molar-refractivity contribution is 7.98. The van der Waals surface area contributed by atoms with Crippen molar-refractivity contribution >= 4 is 29.0 Å². The van der Waals surface area contributed by atoms with Crippen LogP contribution in [0.3, 0.4) is 0 Å². The van der Waals surface area contributed by atoms with E-state index in [-0.39, 0.29) is 11.9 Å². The molecule has 3 aromatic rings. The number of hydrogen-bond donors (Lipinski definition) is 1. The third kappa shape index (κ3) is 4.08. The van der Waals surface area contributed by atoms with Crippen molar-refractivity contribution < 1.29 is 4.79 Å². The van der Waals surface area contributed by atoms with E-state index in [2.05, 4.69) is 39.6 Å². The van der Waals surface area contributed by atoms with E-state index in [0.717, 1.165) is 21.8 Å². The highest BCUT2D eigenvalue weighted by Gasteiger charge is 2.18. The summed E-state index contributed by atoms with van der Waals surface area (Å²) >= 11 is 3.10. The first kappa shape index (κ1) is 17.6. The topological polar surface area (TPSA) is 54.9 Å². The molecular weight excluding hydrogens is 350 g/mol. The lowest BCUT2D eigenvalue weighted by atomic mass is 10.1. The summed E-state index contributed by atoms with van der Waals surface area (Å²) in [5.74, 6) is -0.0911. The summed E-state index contributed by atoms with van der Waals surface area (Å²) < 4.78 is 0. The lowest BCUT2D eigenvalue weighted by Gasteiger charge is -2.14. The van der Waals surface area contributed by atoms with Crippen LogP contribution in [0.25, 0.3) is 10.6 Å². The minimum atomic E-state index is -0.0911. The highest BCUT2D eigenvalue weighted by atomic mass is 32.2. The number of nitrogens with one attached hydrogen (secondary N) is 1. The molecule has 0 spiro atoms. The third-order valence-electron chi connectivity index (χ3n) is 3.87. The van der Waals surface area contributed by atoms with Gasteiger partial charge in [0.1, 0.15) is 9.88 Å². The molecule has 0 aliphatic heterocycles. The molecule has 25 heavy (non-hydrogen) atoms. The molecule has 6 heteroatoms. The number of aryl methyl sites for hydroxylation is 1. The molecule has 4 nitrogen and oxygen atoms in total. The van der Waals surface area contributed by atoms with Crippen LogP contribution in [-0.2, 0) is 0 Å². The van der Waals surface area contributed by atoms with E-state index in [1.54, 1.807) is 24.2 Å². The van der Waals surface area contributed by atoms with Crippen molar-refractivity contribution in [1.82, 2.24) is 15.3 Å². The molecule has 1 atom stereocenters. The van der Waals surface area contributed by atoms with E-state index in [9.17, 15) is 4.79 Å². The Labute approximate surface area is 155 Å². The van der Waals surface area contributed by atoms with Gasteiger partial charge in [-0.2, -0.15) is 0 Å². The van der Waals surface area contributed by atoms with Gasteiger partial charge in [-0.15, -0.1) is 23.1 Å². The average Bonchev–Trinajstić information content (AvgIpc) is 3.04. The highest BCUT2D eigenvalue weighted by Crippen LogP contribution is 2.28. The first-order chi connectivity index (χ1) is 12.1. The molecule has 0 unspecified atom stereocenters. The monoisotopic (exact) mass is 369 g/mol. The van der Waals surface area contributed by atoms with Gasteiger partial charge in [0.2, 0.25) is 0 Å². The molecule has 0 bridgehead atoms. The predicted molar refractivity (Wildman–Crippen MR) is 104 cm³/mol. The van der Waals surface area contributed by atoms with Crippen LogP contribution in [0.1, 0.15) is 33.9 Å². The SMILES string of the molecule is CSc1ccc([C@H](C)NC(=O)c2sc(-c3cccnc3)nc2C)cc1. The van der Waals surface area contributed by atoms with Gasteiger partial charge in [0.25, 0.3) is 5.91 Å². The predicted octanol–water partition coefficient (Wildman–Crippen LogP) is 4.73. The number of benzene rings is 1.